The Hall–Kier alpha value is -1.58. The molecule has 0 aliphatic carbocycles. The van der Waals surface area contributed by atoms with Gasteiger partial charge in [0.1, 0.15) is 6.29 Å². The lowest BCUT2D eigenvalue weighted by atomic mass is 10.0. The highest BCUT2D eigenvalue weighted by Crippen LogP contribution is 2.14. The van der Waals surface area contributed by atoms with Gasteiger partial charge in [-0.25, -0.2) is 4.79 Å². The second-order valence-electron chi connectivity index (χ2n) is 3.89. The van der Waals surface area contributed by atoms with Gasteiger partial charge in [0, 0.05) is 12.5 Å². The van der Waals surface area contributed by atoms with E-state index in [0.717, 1.165) is 38.4 Å². The van der Waals surface area contributed by atoms with Crippen molar-refractivity contribution in [3.8, 4) is 0 Å². The molecule has 0 aliphatic heterocycles. The Bertz CT molecular complexity index is 292. The Morgan fingerprint density at radius 2 is 1.89 bits per heavy atom. The summed E-state index contributed by atoms with van der Waals surface area (Å²) in [6.07, 6.45) is 11.0. The molecular formula is C14H22O4. The van der Waals surface area contributed by atoms with E-state index in [2.05, 4.69) is 4.74 Å². The number of ether oxygens (including phenoxy) is 2. The van der Waals surface area contributed by atoms with Gasteiger partial charge in [-0.15, -0.1) is 0 Å². The van der Waals surface area contributed by atoms with E-state index in [1.807, 2.05) is 0 Å². The van der Waals surface area contributed by atoms with Crippen molar-refractivity contribution < 1.29 is 19.1 Å². The predicted molar refractivity (Wildman–Crippen MR) is 70.0 cm³/mol. The molecule has 0 fully saturated rings. The number of esters is 1. The average molecular weight is 254 g/mol. The van der Waals surface area contributed by atoms with Crippen LogP contribution in [0.5, 0.6) is 0 Å². The first kappa shape index (κ1) is 16.4. The van der Waals surface area contributed by atoms with Crippen LogP contribution in [0.1, 0.15) is 38.5 Å². The lowest BCUT2D eigenvalue weighted by Gasteiger charge is -2.05. The van der Waals surface area contributed by atoms with E-state index in [1.54, 1.807) is 19.4 Å². The second kappa shape index (κ2) is 11.9. The average Bonchev–Trinajstić information content (AvgIpc) is 2.39. The fourth-order valence-electron chi connectivity index (χ4n) is 1.51. The smallest absolute Gasteiger partial charge is 0.330 e. The summed E-state index contributed by atoms with van der Waals surface area (Å²) in [5, 5.41) is 0. The first-order valence-corrected chi connectivity index (χ1v) is 6.13. The SMILES string of the molecule is CO/C=C(/CC/C=C/C(=O)OC)CCCCC=O. The van der Waals surface area contributed by atoms with Gasteiger partial charge in [0.05, 0.1) is 20.5 Å². The summed E-state index contributed by atoms with van der Waals surface area (Å²) in [6.45, 7) is 0. The topological polar surface area (TPSA) is 52.6 Å². The van der Waals surface area contributed by atoms with Gasteiger partial charge in [-0.05, 0) is 37.7 Å². The lowest BCUT2D eigenvalue weighted by molar-refractivity contribution is -0.134. The number of allylic oxidation sites excluding steroid dienone is 2. The highest BCUT2D eigenvalue weighted by molar-refractivity contribution is 5.81. The molecule has 0 bridgehead atoms. The zero-order chi connectivity index (χ0) is 13.6. The van der Waals surface area contributed by atoms with Crippen LogP contribution in [0.25, 0.3) is 0 Å². The molecule has 0 spiro atoms. The number of aldehydes is 1. The molecule has 4 nitrogen and oxygen atoms in total. The van der Waals surface area contributed by atoms with Crippen molar-refractivity contribution in [2.24, 2.45) is 0 Å². The minimum atomic E-state index is -0.335. The zero-order valence-electron chi connectivity index (χ0n) is 11.2. The van der Waals surface area contributed by atoms with E-state index in [-0.39, 0.29) is 5.97 Å². The van der Waals surface area contributed by atoms with Gasteiger partial charge in [-0.3, -0.25) is 0 Å². The molecule has 0 atom stereocenters. The van der Waals surface area contributed by atoms with Gasteiger partial charge in [-0.1, -0.05) is 6.08 Å². The standard InChI is InChI=1S/C14H22O4/c1-17-12-13(8-4-3-7-11-15)9-5-6-10-14(16)18-2/h6,10-12H,3-5,7-9H2,1-2H3/b10-6+,13-12+. The van der Waals surface area contributed by atoms with Gasteiger partial charge in [-0.2, -0.15) is 0 Å². The van der Waals surface area contributed by atoms with Crippen molar-refractivity contribution in [2.75, 3.05) is 14.2 Å². The van der Waals surface area contributed by atoms with Crippen LogP contribution in [-0.4, -0.2) is 26.5 Å². The molecule has 0 unspecified atom stereocenters. The number of unbranched alkanes of at least 4 members (excludes halogenated alkanes) is 2. The molecule has 0 aliphatic rings. The van der Waals surface area contributed by atoms with Crippen LogP contribution >= 0.6 is 0 Å². The summed E-state index contributed by atoms with van der Waals surface area (Å²) in [5.41, 5.74) is 1.19. The molecule has 0 aromatic carbocycles. The van der Waals surface area contributed by atoms with Crippen LogP contribution in [0, 0.1) is 0 Å². The van der Waals surface area contributed by atoms with Crippen molar-refractivity contribution in [1.82, 2.24) is 0 Å². The first-order valence-electron chi connectivity index (χ1n) is 6.13. The fraction of sp³-hybridized carbons (Fsp3) is 0.571. The Balaban J connectivity index is 3.90. The van der Waals surface area contributed by atoms with E-state index in [4.69, 9.17) is 4.74 Å². The summed E-state index contributed by atoms with van der Waals surface area (Å²) in [7, 11) is 2.98. The molecule has 0 heterocycles. The molecule has 0 saturated carbocycles. The number of carbonyl (C=O) groups is 2. The highest BCUT2D eigenvalue weighted by atomic mass is 16.5. The third kappa shape index (κ3) is 9.63. The molecule has 102 valence electrons. The summed E-state index contributed by atoms with van der Waals surface area (Å²) in [5.74, 6) is -0.335. The number of rotatable bonds is 10. The molecule has 0 aromatic rings. The van der Waals surface area contributed by atoms with E-state index in [9.17, 15) is 9.59 Å². The molecule has 0 aromatic heterocycles. The minimum absolute atomic E-state index is 0.335. The van der Waals surface area contributed by atoms with E-state index in [1.165, 1.54) is 18.8 Å². The first-order chi connectivity index (χ1) is 8.74. The molecule has 0 radical (unpaired) electrons. The minimum Gasteiger partial charge on any atom is -0.504 e. The molecular weight excluding hydrogens is 232 g/mol. The number of carbonyl (C=O) groups excluding carboxylic acids is 2. The molecule has 0 amide bonds. The monoisotopic (exact) mass is 254 g/mol. The molecule has 0 saturated heterocycles. The maximum absolute atomic E-state index is 10.8. The van der Waals surface area contributed by atoms with Crippen LogP contribution in [0.15, 0.2) is 24.0 Å². The Kier molecular flexibility index (Phi) is 10.8. The number of methoxy groups -OCH3 is 2. The molecule has 0 rings (SSSR count). The highest BCUT2D eigenvalue weighted by Gasteiger charge is 1.98. The van der Waals surface area contributed by atoms with Gasteiger partial charge >= 0.3 is 5.97 Å². The van der Waals surface area contributed by atoms with Crippen molar-refractivity contribution >= 4 is 12.3 Å². The number of hydrogen-bond acceptors (Lipinski definition) is 4. The van der Waals surface area contributed by atoms with Gasteiger partial charge in [0.25, 0.3) is 0 Å². The van der Waals surface area contributed by atoms with Crippen molar-refractivity contribution in [1.29, 1.82) is 0 Å². The van der Waals surface area contributed by atoms with Crippen molar-refractivity contribution in [3.63, 3.8) is 0 Å². The van der Waals surface area contributed by atoms with E-state index in [0.29, 0.717) is 6.42 Å². The Labute approximate surface area is 109 Å². The van der Waals surface area contributed by atoms with Gasteiger partial charge < -0.3 is 14.3 Å². The summed E-state index contributed by atoms with van der Waals surface area (Å²) >= 11 is 0. The van der Waals surface area contributed by atoms with Crippen molar-refractivity contribution in [3.05, 3.63) is 24.0 Å². The number of hydrogen-bond donors (Lipinski definition) is 0. The van der Waals surface area contributed by atoms with Crippen LogP contribution in [-0.2, 0) is 19.1 Å². The third-order valence-corrected chi connectivity index (χ3v) is 2.44. The quantitative estimate of drug-likeness (QED) is 0.198. The maximum atomic E-state index is 10.8. The summed E-state index contributed by atoms with van der Waals surface area (Å²) < 4.78 is 9.51. The Morgan fingerprint density at radius 3 is 2.50 bits per heavy atom. The van der Waals surface area contributed by atoms with Crippen LogP contribution in [0.3, 0.4) is 0 Å². The Morgan fingerprint density at radius 1 is 1.11 bits per heavy atom. The normalized spacial score (nSPS) is 11.6. The molecule has 4 heteroatoms. The zero-order valence-corrected chi connectivity index (χ0v) is 11.2. The largest absolute Gasteiger partial charge is 0.504 e. The van der Waals surface area contributed by atoms with Crippen LogP contribution in [0.2, 0.25) is 0 Å². The van der Waals surface area contributed by atoms with Gasteiger partial charge in [0.2, 0.25) is 0 Å². The summed E-state index contributed by atoms with van der Waals surface area (Å²) in [4.78, 5) is 21.0. The fourth-order valence-corrected chi connectivity index (χ4v) is 1.51. The molecule has 0 N–H and O–H groups in total. The maximum Gasteiger partial charge on any atom is 0.330 e. The molecule has 18 heavy (non-hydrogen) atoms. The lowest BCUT2D eigenvalue weighted by Crippen LogP contribution is -1.93. The van der Waals surface area contributed by atoms with Gasteiger partial charge in [0.15, 0.2) is 0 Å². The predicted octanol–water partition coefficient (Wildman–Crippen LogP) is 2.79. The third-order valence-electron chi connectivity index (χ3n) is 2.44. The van der Waals surface area contributed by atoms with Crippen LogP contribution in [0.4, 0.5) is 0 Å². The van der Waals surface area contributed by atoms with Crippen LogP contribution < -0.4 is 0 Å². The van der Waals surface area contributed by atoms with Crippen molar-refractivity contribution in [2.45, 2.75) is 38.5 Å². The van der Waals surface area contributed by atoms with E-state index < -0.39 is 0 Å². The van der Waals surface area contributed by atoms with E-state index >= 15 is 0 Å². The second-order valence-corrected chi connectivity index (χ2v) is 3.89. The summed E-state index contributed by atoms with van der Waals surface area (Å²) in [6, 6.07) is 0.